The van der Waals surface area contributed by atoms with Crippen LogP contribution in [0, 0.1) is 0 Å². The lowest BCUT2D eigenvalue weighted by molar-refractivity contribution is -0.122. The zero-order valence-corrected chi connectivity index (χ0v) is 16.4. The Morgan fingerprint density at radius 2 is 1.74 bits per heavy atom. The van der Waals surface area contributed by atoms with Gasteiger partial charge in [-0.05, 0) is 56.3 Å². The summed E-state index contributed by atoms with van der Waals surface area (Å²) in [6.45, 7) is 8.07. The minimum Gasteiger partial charge on any atom is -0.481 e. The second-order valence-corrected chi connectivity index (χ2v) is 7.05. The van der Waals surface area contributed by atoms with Crippen LogP contribution in [-0.2, 0) is 11.2 Å². The predicted octanol–water partition coefficient (Wildman–Crippen LogP) is 3.41. The van der Waals surface area contributed by atoms with Crippen molar-refractivity contribution < 1.29 is 9.53 Å². The van der Waals surface area contributed by atoms with Crippen LogP contribution in [0.2, 0.25) is 0 Å². The fourth-order valence-corrected chi connectivity index (χ4v) is 3.22. The van der Waals surface area contributed by atoms with Crippen LogP contribution in [-0.4, -0.2) is 50.1 Å². The lowest BCUT2D eigenvalue weighted by Crippen LogP contribution is -2.44. The summed E-state index contributed by atoms with van der Waals surface area (Å²) in [5.41, 5.74) is 3.09. The quantitative estimate of drug-likeness (QED) is 0.850. The Kier molecular flexibility index (Phi) is 6.35. The van der Waals surface area contributed by atoms with Crippen molar-refractivity contribution in [3.8, 4) is 5.75 Å². The molecule has 1 fully saturated rings. The molecule has 5 nitrogen and oxygen atoms in total. The molecule has 1 saturated heterocycles. The number of para-hydroxylation sites is 1. The van der Waals surface area contributed by atoms with Crippen LogP contribution in [0.25, 0.3) is 0 Å². The van der Waals surface area contributed by atoms with Crippen LogP contribution in [0.1, 0.15) is 19.4 Å². The van der Waals surface area contributed by atoms with Crippen molar-refractivity contribution >= 4 is 17.3 Å². The van der Waals surface area contributed by atoms with Gasteiger partial charge in [-0.2, -0.15) is 0 Å². The number of nitrogens with zero attached hydrogens (tertiary/aromatic N) is 2. The average molecular weight is 367 g/mol. The average Bonchev–Trinajstić information content (AvgIpc) is 2.69. The maximum atomic E-state index is 12.5. The standard InChI is InChI=1S/C22H29N3O2/c1-4-18-7-5-6-8-21(18)27-17(2)22(26)23-19-9-11-20(12-10-19)25-15-13-24(3)14-16-25/h5-12,17H,4,13-16H2,1-3H3,(H,23,26)/t17-/m0/s1. The molecular formula is C22H29N3O2. The van der Waals surface area contributed by atoms with E-state index < -0.39 is 6.10 Å². The number of carbonyl (C=O) groups excluding carboxylic acids is 1. The van der Waals surface area contributed by atoms with Crippen LogP contribution in [0.5, 0.6) is 5.75 Å². The normalized spacial score (nSPS) is 16.0. The number of benzene rings is 2. The third kappa shape index (κ3) is 5.01. The van der Waals surface area contributed by atoms with E-state index >= 15 is 0 Å². The molecule has 1 aliphatic heterocycles. The Hall–Kier alpha value is -2.53. The molecule has 0 unspecified atom stereocenters. The minimum atomic E-state index is -0.560. The van der Waals surface area contributed by atoms with Gasteiger partial charge in [-0.25, -0.2) is 0 Å². The molecule has 27 heavy (non-hydrogen) atoms. The van der Waals surface area contributed by atoms with Gasteiger partial charge in [-0.3, -0.25) is 4.79 Å². The molecule has 5 heteroatoms. The molecule has 0 radical (unpaired) electrons. The molecule has 2 aromatic carbocycles. The molecule has 0 aromatic heterocycles. The van der Waals surface area contributed by atoms with Crippen molar-refractivity contribution in [2.75, 3.05) is 43.4 Å². The summed E-state index contributed by atoms with van der Waals surface area (Å²) in [5, 5.41) is 2.95. The molecule has 144 valence electrons. The predicted molar refractivity (Wildman–Crippen MR) is 111 cm³/mol. The number of rotatable bonds is 6. The Morgan fingerprint density at radius 1 is 1.07 bits per heavy atom. The van der Waals surface area contributed by atoms with Crippen LogP contribution in [0.3, 0.4) is 0 Å². The molecule has 1 aliphatic rings. The molecule has 1 amide bonds. The van der Waals surface area contributed by atoms with E-state index in [2.05, 4.69) is 41.2 Å². The maximum Gasteiger partial charge on any atom is 0.265 e. The molecule has 2 aromatic rings. The zero-order valence-electron chi connectivity index (χ0n) is 16.4. The molecule has 3 rings (SSSR count). The Bertz CT molecular complexity index is 752. The number of amides is 1. The molecule has 1 atom stereocenters. The fraction of sp³-hybridized carbons (Fsp3) is 0.409. The van der Waals surface area contributed by atoms with Gasteiger partial charge in [0, 0.05) is 37.6 Å². The van der Waals surface area contributed by atoms with E-state index in [1.165, 1.54) is 5.69 Å². The summed E-state index contributed by atoms with van der Waals surface area (Å²) in [6, 6.07) is 15.9. The molecule has 1 heterocycles. The minimum absolute atomic E-state index is 0.145. The third-order valence-corrected chi connectivity index (χ3v) is 5.03. The van der Waals surface area contributed by atoms with Crippen molar-refractivity contribution in [1.82, 2.24) is 4.90 Å². The highest BCUT2D eigenvalue weighted by Crippen LogP contribution is 2.22. The topological polar surface area (TPSA) is 44.8 Å². The molecule has 1 N–H and O–H groups in total. The number of hydrogen-bond acceptors (Lipinski definition) is 4. The van der Waals surface area contributed by atoms with Gasteiger partial charge in [-0.1, -0.05) is 25.1 Å². The molecule has 0 aliphatic carbocycles. The lowest BCUT2D eigenvalue weighted by Gasteiger charge is -2.34. The first-order valence-electron chi connectivity index (χ1n) is 9.66. The van der Waals surface area contributed by atoms with E-state index in [-0.39, 0.29) is 5.91 Å². The van der Waals surface area contributed by atoms with Crippen molar-refractivity contribution in [3.63, 3.8) is 0 Å². The number of likely N-dealkylation sites (N-methyl/N-ethyl adjacent to an activating group) is 1. The van der Waals surface area contributed by atoms with Crippen LogP contribution in [0.4, 0.5) is 11.4 Å². The molecular weight excluding hydrogens is 338 g/mol. The zero-order chi connectivity index (χ0) is 19.2. The summed E-state index contributed by atoms with van der Waals surface area (Å²) in [5.74, 6) is 0.626. The first kappa shape index (κ1) is 19.2. The summed E-state index contributed by atoms with van der Waals surface area (Å²) in [7, 11) is 2.15. The number of anilines is 2. The first-order chi connectivity index (χ1) is 13.1. The summed E-state index contributed by atoms with van der Waals surface area (Å²) in [6.07, 6.45) is 0.313. The third-order valence-electron chi connectivity index (χ3n) is 5.03. The highest BCUT2D eigenvalue weighted by molar-refractivity contribution is 5.94. The first-order valence-corrected chi connectivity index (χ1v) is 9.66. The molecule has 0 saturated carbocycles. The van der Waals surface area contributed by atoms with Gasteiger partial charge in [0.1, 0.15) is 5.75 Å². The largest absolute Gasteiger partial charge is 0.481 e. The molecule has 0 spiro atoms. The highest BCUT2D eigenvalue weighted by Gasteiger charge is 2.17. The van der Waals surface area contributed by atoms with Gasteiger partial charge in [0.25, 0.3) is 5.91 Å². The molecule has 0 bridgehead atoms. The lowest BCUT2D eigenvalue weighted by atomic mass is 10.1. The van der Waals surface area contributed by atoms with Crippen LogP contribution >= 0.6 is 0 Å². The Balaban J connectivity index is 1.57. The number of ether oxygens (including phenoxy) is 1. The summed E-state index contributed by atoms with van der Waals surface area (Å²) >= 11 is 0. The second kappa shape index (κ2) is 8.91. The van der Waals surface area contributed by atoms with Crippen molar-refractivity contribution in [1.29, 1.82) is 0 Å². The van der Waals surface area contributed by atoms with Gasteiger partial charge >= 0.3 is 0 Å². The summed E-state index contributed by atoms with van der Waals surface area (Å²) in [4.78, 5) is 17.2. The number of piperazine rings is 1. The number of aryl methyl sites for hydroxylation is 1. The smallest absolute Gasteiger partial charge is 0.265 e. The van der Waals surface area contributed by atoms with Gasteiger partial charge in [0.05, 0.1) is 0 Å². The SMILES string of the molecule is CCc1ccccc1O[C@@H](C)C(=O)Nc1ccc(N2CCN(C)CC2)cc1. The monoisotopic (exact) mass is 367 g/mol. The number of carbonyl (C=O) groups is 1. The Labute approximate surface area is 161 Å². The van der Waals surface area contributed by atoms with E-state index in [0.717, 1.165) is 49.6 Å². The van der Waals surface area contributed by atoms with E-state index in [4.69, 9.17) is 4.74 Å². The van der Waals surface area contributed by atoms with E-state index in [0.29, 0.717) is 0 Å². The van der Waals surface area contributed by atoms with E-state index in [9.17, 15) is 4.79 Å². The van der Waals surface area contributed by atoms with Crippen LogP contribution < -0.4 is 15.0 Å². The van der Waals surface area contributed by atoms with Gasteiger partial charge in [0.15, 0.2) is 6.10 Å². The number of hydrogen-bond donors (Lipinski definition) is 1. The van der Waals surface area contributed by atoms with Gasteiger partial charge in [-0.15, -0.1) is 0 Å². The second-order valence-electron chi connectivity index (χ2n) is 7.05. The van der Waals surface area contributed by atoms with Crippen molar-refractivity contribution in [2.45, 2.75) is 26.4 Å². The maximum absolute atomic E-state index is 12.5. The summed E-state index contributed by atoms with van der Waals surface area (Å²) < 4.78 is 5.87. The van der Waals surface area contributed by atoms with E-state index in [1.807, 2.05) is 36.4 Å². The highest BCUT2D eigenvalue weighted by atomic mass is 16.5. The van der Waals surface area contributed by atoms with Gasteiger partial charge < -0.3 is 19.9 Å². The van der Waals surface area contributed by atoms with Crippen LogP contribution in [0.15, 0.2) is 48.5 Å². The Morgan fingerprint density at radius 3 is 2.41 bits per heavy atom. The van der Waals surface area contributed by atoms with E-state index in [1.54, 1.807) is 6.92 Å². The number of nitrogens with one attached hydrogen (secondary N) is 1. The van der Waals surface area contributed by atoms with Crippen molar-refractivity contribution in [2.24, 2.45) is 0 Å². The van der Waals surface area contributed by atoms with Gasteiger partial charge in [0.2, 0.25) is 0 Å². The van der Waals surface area contributed by atoms with Crippen molar-refractivity contribution in [3.05, 3.63) is 54.1 Å². The fourth-order valence-electron chi connectivity index (χ4n) is 3.22.